The minimum Gasteiger partial charge on any atom is -0.207 e. The van der Waals surface area contributed by atoms with Crippen LogP contribution in [0.2, 0.25) is 0 Å². The van der Waals surface area contributed by atoms with Crippen molar-refractivity contribution < 1.29 is 17.6 Å². The highest BCUT2D eigenvalue weighted by Crippen LogP contribution is 2.35. The third-order valence-electron chi connectivity index (χ3n) is 1.84. The number of halogens is 4. The summed E-state index contributed by atoms with van der Waals surface area (Å²) < 4.78 is 48.6. The van der Waals surface area contributed by atoms with Gasteiger partial charge in [-0.1, -0.05) is 0 Å². The zero-order valence-electron chi connectivity index (χ0n) is 6.50. The molecule has 1 aliphatic rings. The van der Waals surface area contributed by atoms with Crippen LogP contribution in [0.4, 0.5) is 17.6 Å². The van der Waals surface area contributed by atoms with Crippen molar-refractivity contribution >= 4 is 0 Å². The van der Waals surface area contributed by atoms with E-state index in [0.29, 0.717) is 11.6 Å². The lowest BCUT2D eigenvalue weighted by Crippen LogP contribution is -2.14. The second-order valence-corrected chi connectivity index (χ2v) is 2.80. The van der Waals surface area contributed by atoms with Crippen LogP contribution < -0.4 is 0 Å². The first-order valence-electron chi connectivity index (χ1n) is 3.54. The summed E-state index contributed by atoms with van der Waals surface area (Å²) in [5, 5.41) is 0. The van der Waals surface area contributed by atoms with E-state index in [1.807, 2.05) is 0 Å². The summed E-state index contributed by atoms with van der Waals surface area (Å²) in [7, 11) is 0. The molecule has 0 heterocycles. The summed E-state index contributed by atoms with van der Waals surface area (Å²) in [6, 6.07) is 0. The summed E-state index contributed by atoms with van der Waals surface area (Å²) in [5.74, 6) is -0.742. The SMILES string of the molecule is CC1=C(F)C=C(C(F)(F)F)CC1. The highest BCUT2D eigenvalue weighted by atomic mass is 19.4. The largest absolute Gasteiger partial charge is 0.412 e. The highest BCUT2D eigenvalue weighted by Gasteiger charge is 2.34. The first kappa shape index (κ1) is 9.29. The van der Waals surface area contributed by atoms with Crippen LogP contribution in [0, 0.1) is 0 Å². The molecule has 0 aliphatic heterocycles. The lowest BCUT2D eigenvalue weighted by molar-refractivity contribution is -0.0943. The molecule has 1 aliphatic carbocycles. The third-order valence-corrected chi connectivity index (χ3v) is 1.84. The van der Waals surface area contributed by atoms with E-state index in [-0.39, 0.29) is 12.8 Å². The maximum Gasteiger partial charge on any atom is 0.412 e. The van der Waals surface area contributed by atoms with Crippen molar-refractivity contribution in [3.63, 3.8) is 0 Å². The molecule has 0 bridgehead atoms. The molecule has 1 rings (SSSR count). The topological polar surface area (TPSA) is 0 Å². The average molecular weight is 180 g/mol. The fourth-order valence-corrected chi connectivity index (χ4v) is 1.01. The van der Waals surface area contributed by atoms with Gasteiger partial charge in [0.05, 0.1) is 0 Å². The molecular formula is C8H8F4. The summed E-state index contributed by atoms with van der Waals surface area (Å²) in [6.45, 7) is 1.50. The van der Waals surface area contributed by atoms with Gasteiger partial charge in [0, 0.05) is 5.57 Å². The molecule has 0 fully saturated rings. The summed E-state index contributed by atoms with van der Waals surface area (Å²) in [5.41, 5.74) is -0.381. The number of allylic oxidation sites excluding steroid dienone is 4. The number of alkyl halides is 3. The zero-order valence-corrected chi connectivity index (χ0v) is 6.50. The van der Waals surface area contributed by atoms with Gasteiger partial charge in [0.25, 0.3) is 0 Å². The van der Waals surface area contributed by atoms with Crippen LogP contribution in [-0.2, 0) is 0 Å². The molecule has 0 saturated heterocycles. The first-order valence-corrected chi connectivity index (χ1v) is 3.54. The van der Waals surface area contributed by atoms with E-state index < -0.39 is 17.6 Å². The van der Waals surface area contributed by atoms with Crippen molar-refractivity contribution in [2.24, 2.45) is 0 Å². The van der Waals surface area contributed by atoms with Crippen LogP contribution in [0.5, 0.6) is 0 Å². The summed E-state index contributed by atoms with van der Waals surface area (Å²) in [6.07, 6.45) is -3.74. The Morgan fingerprint density at radius 2 is 1.83 bits per heavy atom. The van der Waals surface area contributed by atoms with Crippen LogP contribution >= 0.6 is 0 Å². The van der Waals surface area contributed by atoms with Crippen molar-refractivity contribution in [3.05, 3.63) is 23.0 Å². The molecule has 0 spiro atoms. The average Bonchev–Trinajstić information content (AvgIpc) is 1.92. The van der Waals surface area contributed by atoms with Crippen LogP contribution in [0.1, 0.15) is 19.8 Å². The van der Waals surface area contributed by atoms with Crippen molar-refractivity contribution in [2.45, 2.75) is 25.9 Å². The molecule has 68 valence electrons. The molecule has 0 radical (unpaired) electrons. The van der Waals surface area contributed by atoms with Crippen LogP contribution in [-0.4, -0.2) is 6.18 Å². The lowest BCUT2D eigenvalue weighted by Gasteiger charge is -2.15. The van der Waals surface area contributed by atoms with Crippen molar-refractivity contribution in [2.75, 3.05) is 0 Å². The summed E-state index contributed by atoms with van der Waals surface area (Å²) in [4.78, 5) is 0. The Morgan fingerprint density at radius 3 is 2.25 bits per heavy atom. The van der Waals surface area contributed by atoms with Gasteiger partial charge in [-0.25, -0.2) is 4.39 Å². The highest BCUT2D eigenvalue weighted by molar-refractivity contribution is 5.30. The Labute approximate surface area is 67.6 Å². The zero-order chi connectivity index (χ0) is 9.35. The number of hydrogen-bond acceptors (Lipinski definition) is 0. The Hall–Kier alpha value is -0.800. The van der Waals surface area contributed by atoms with Gasteiger partial charge in [-0.05, 0) is 31.4 Å². The number of hydrogen-bond donors (Lipinski definition) is 0. The maximum atomic E-state index is 12.7. The van der Waals surface area contributed by atoms with Gasteiger partial charge in [0.1, 0.15) is 5.83 Å². The van der Waals surface area contributed by atoms with Crippen molar-refractivity contribution in [1.82, 2.24) is 0 Å². The van der Waals surface area contributed by atoms with E-state index in [1.54, 1.807) is 0 Å². The molecular weight excluding hydrogens is 172 g/mol. The van der Waals surface area contributed by atoms with Crippen molar-refractivity contribution in [1.29, 1.82) is 0 Å². The van der Waals surface area contributed by atoms with Gasteiger partial charge in [-0.3, -0.25) is 0 Å². The monoisotopic (exact) mass is 180 g/mol. The minimum absolute atomic E-state index is 0.108. The smallest absolute Gasteiger partial charge is 0.207 e. The molecule has 12 heavy (non-hydrogen) atoms. The van der Waals surface area contributed by atoms with Gasteiger partial charge in [-0.2, -0.15) is 13.2 Å². The molecule has 0 saturated carbocycles. The molecule has 0 nitrogen and oxygen atoms in total. The third kappa shape index (κ3) is 1.87. The molecule has 0 aromatic rings. The van der Waals surface area contributed by atoms with E-state index in [1.165, 1.54) is 6.92 Å². The lowest BCUT2D eigenvalue weighted by atomic mass is 9.98. The van der Waals surface area contributed by atoms with Crippen LogP contribution in [0.3, 0.4) is 0 Å². The maximum absolute atomic E-state index is 12.7. The van der Waals surface area contributed by atoms with Crippen molar-refractivity contribution in [3.8, 4) is 0 Å². The Bertz CT molecular complexity index is 244. The fourth-order valence-electron chi connectivity index (χ4n) is 1.01. The predicted octanol–water partition coefficient (Wildman–Crippen LogP) is 3.51. The number of rotatable bonds is 0. The van der Waals surface area contributed by atoms with E-state index in [9.17, 15) is 17.6 Å². The van der Waals surface area contributed by atoms with Gasteiger partial charge in [0.2, 0.25) is 0 Å². The van der Waals surface area contributed by atoms with E-state index in [4.69, 9.17) is 0 Å². The molecule has 0 aromatic heterocycles. The standard InChI is InChI=1S/C8H8F4/c1-5-2-3-6(4-7(5)9)8(10,11)12/h4H,2-3H2,1H3. The molecule has 0 aromatic carbocycles. The predicted molar refractivity (Wildman–Crippen MR) is 37.2 cm³/mol. The quantitative estimate of drug-likeness (QED) is 0.500. The second kappa shape index (κ2) is 2.92. The molecule has 0 atom stereocenters. The first-order chi connectivity index (χ1) is 5.41. The van der Waals surface area contributed by atoms with Crippen LogP contribution in [0.15, 0.2) is 23.0 Å². The molecule has 0 amide bonds. The Morgan fingerprint density at radius 1 is 1.25 bits per heavy atom. The molecule has 0 N–H and O–H groups in total. The normalized spacial score (nSPS) is 19.6. The van der Waals surface area contributed by atoms with Gasteiger partial charge in [-0.15, -0.1) is 0 Å². The molecule has 4 heteroatoms. The Kier molecular flexibility index (Phi) is 2.26. The Balaban J connectivity index is 2.91. The fraction of sp³-hybridized carbons (Fsp3) is 0.500. The summed E-state index contributed by atoms with van der Waals surface area (Å²) >= 11 is 0. The van der Waals surface area contributed by atoms with Gasteiger partial charge >= 0.3 is 6.18 Å². The van der Waals surface area contributed by atoms with E-state index in [2.05, 4.69) is 0 Å². The van der Waals surface area contributed by atoms with Crippen LogP contribution in [0.25, 0.3) is 0 Å². The van der Waals surface area contributed by atoms with E-state index in [0.717, 1.165) is 0 Å². The second-order valence-electron chi connectivity index (χ2n) is 2.80. The van der Waals surface area contributed by atoms with Gasteiger partial charge < -0.3 is 0 Å². The minimum atomic E-state index is -4.38. The molecule has 0 unspecified atom stereocenters. The van der Waals surface area contributed by atoms with Gasteiger partial charge in [0.15, 0.2) is 0 Å². The van der Waals surface area contributed by atoms with E-state index >= 15 is 0 Å².